The van der Waals surface area contributed by atoms with Gasteiger partial charge in [0.15, 0.2) is 0 Å². The fourth-order valence-corrected chi connectivity index (χ4v) is 2.97. The topological polar surface area (TPSA) is 44.8 Å². The van der Waals surface area contributed by atoms with Gasteiger partial charge in [0.2, 0.25) is 0 Å². The monoisotopic (exact) mass is 346 g/mol. The Morgan fingerprint density at radius 2 is 1.93 bits per heavy atom. The summed E-state index contributed by atoms with van der Waals surface area (Å²) in [5, 5.41) is 0. The summed E-state index contributed by atoms with van der Waals surface area (Å²) in [7, 11) is -3.16. The first-order valence-electron chi connectivity index (χ1n) is 4.58. The van der Waals surface area contributed by atoms with Crippen LogP contribution in [0, 0.1) is 0 Å². The summed E-state index contributed by atoms with van der Waals surface area (Å²) < 4.78 is 27.8. The van der Waals surface area contributed by atoms with Crippen molar-refractivity contribution in [2.45, 2.75) is 13.8 Å². The van der Waals surface area contributed by atoms with Crippen LogP contribution in [0.5, 0.6) is 0 Å². The molecule has 0 aliphatic carbocycles. The van der Waals surface area contributed by atoms with Gasteiger partial charge >= 0.3 is 7.60 Å². The third-order valence-electron chi connectivity index (χ3n) is 1.25. The molecule has 0 unspecified atom stereocenters. The van der Waals surface area contributed by atoms with E-state index in [9.17, 15) is 4.57 Å². The largest absolute Gasteiger partial charge is 0.496 e. The summed E-state index contributed by atoms with van der Waals surface area (Å²) in [5.41, 5.74) is 0. The molecule has 6 heteroatoms. The predicted molar refractivity (Wildman–Crippen MR) is 69.1 cm³/mol. The highest BCUT2D eigenvalue weighted by atomic mass is 127. The van der Waals surface area contributed by atoms with Crippen LogP contribution in [0.15, 0.2) is 22.2 Å². The zero-order valence-electron chi connectivity index (χ0n) is 8.94. The Morgan fingerprint density at radius 3 is 2.33 bits per heavy atom. The minimum absolute atomic E-state index is 0.332. The normalized spacial score (nSPS) is 12.6. The van der Waals surface area contributed by atoms with E-state index in [1.807, 2.05) is 22.6 Å². The molecule has 0 spiro atoms. The maximum atomic E-state index is 12.1. The van der Waals surface area contributed by atoms with Crippen molar-refractivity contribution in [2.75, 3.05) is 19.8 Å². The fourth-order valence-electron chi connectivity index (χ4n) is 0.750. The van der Waals surface area contributed by atoms with Gasteiger partial charge in [0.1, 0.15) is 16.2 Å². The van der Waals surface area contributed by atoms with E-state index in [4.69, 9.17) is 13.8 Å². The van der Waals surface area contributed by atoms with Gasteiger partial charge in [0, 0.05) is 0 Å². The molecule has 0 N–H and O–H groups in total. The van der Waals surface area contributed by atoms with Crippen molar-refractivity contribution in [1.82, 2.24) is 0 Å². The van der Waals surface area contributed by atoms with Gasteiger partial charge in [-0.2, -0.15) is 0 Å². The van der Waals surface area contributed by atoms with Crippen LogP contribution in [0.4, 0.5) is 0 Å². The van der Waals surface area contributed by atoms with Gasteiger partial charge in [-0.05, 0) is 36.4 Å². The van der Waals surface area contributed by atoms with Crippen LogP contribution in [0.25, 0.3) is 0 Å². The van der Waals surface area contributed by atoms with Crippen LogP contribution < -0.4 is 0 Å². The van der Waals surface area contributed by atoms with Gasteiger partial charge in [-0.25, -0.2) is 0 Å². The average Bonchev–Trinajstić information content (AvgIpc) is 2.18. The smallest absolute Gasteiger partial charge is 0.370 e. The summed E-state index contributed by atoms with van der Waals surface area (Å²) in [6.07, 6.45) is 2.99. The maximum Gasteiger partial charge on any atom is 0.370 e. The van der Waals surface area contributed by atoms with Crippen molar-refractivity contribution in [3.63, 3.8) is 0 Å². The van der Waals surface area contributed by atoms with E-state index < -0.39 is 7.60 Å². The molecular formula is C9H16IO4P. The average molecular weight is 346 g/mol. The highest BCUT2D eigenvalue weighted by Gasteiger charge is 2.28. The second-order valence-electron chi connectivity index (χ2n) is 2.40. The molecule has 0 radical (unpaired) electrons. The number of hydrogen-bond acceptors (Lipinski definition) is 4. The minimum atomic E-state index is -3.16. The highest BCUT2D eigenvalue weighted by molar-refractivity contribution is 14.1. The summed E-state index contributed by atoms with van der Waals surface area (Å²) in [6.45, 7) is 8.06. The Hall–Kier alpha value is 0.160. The lowest BCUT2D eigenvalue weighted by molar-refractivity contribution is 0.226. The highest BCUT2D eigenvalue weighted by Crippen LogP contribution is 2.58. The first kappa shape index (κ1) is 15.2. The summed E-state index contributed by atoms with van der Waals surface area (Å²) in [5.74, 6) is 0. The van der Waals surface area contributed by atoms with Crippen LogP contribution in [0.1, 0.15) is 13.8 Å². The maximum absolute atomic E-state index is 12.1. The van der Waals surface area contributed by atoms with Crippen LogP contribution in [-0.2, 0) is 18.3 Å². The van der Waals surface area contributed by atoms with E-state index in [0.29, 0.717) is 23.1 Å². The molecule has 88 valence electrons. The number of hydrogen-bond donors (Lipinski definition) is 0. The molecule has 0 aliphatic rings. The lowest BCUT2D eigenvalue weighted by Crippen LogP contribution is -1.96. The second-order valence-corrected chi connectivity index (χ2v) is 6.40. The lowest BCUT2D eigenvalue weighted by atomic mass is 10.7. The Bertz CT molecular complexity index is 255. The van der Waals surface area contributed by atoms with E-state index in [-0.39, 0.29) is 0 Å². The molecule has 0 heterocycles. The molecule has 0 aromatic carbocycles. The lowest BCUT2D eigenvalue weighted by Gasteiger charge is -2.15. The van der Waals surface area contributed by atoms with Gasteiger partial charge in [0.05, 0.1) is 13.2 Å². The van der Waals surface area contributed by atoms with Crippen molar-refractivity contribution in [3.8, 4) is 0 Å². The molecular weight excluding hydrogens is 330 g/mol. The van der Waals surface area contributed by atoms with E-state index in [1.54, 1.807) is 19.9 Å². The molecule has 0 rings (SSSR count). The molecule has 15 heavy (non-hydrogen) atoms. The zero-order valence-corrected chi connectivity index (χ0v) is 12.0. The summed E-state index contributed by atoms with van der Waals surface area (Å²) in [4.78, 5) is 0. The molecule has 0 fully saturated rings. The van der Waals surface area contributed by atoms with Gasteiger partial charge in [-0.3, -0.25) is 4.57 Å². The van der Waals surface area contributed by atoms with Gasteiger partial charge in [-0.15, -0.1) is 0 Å². The Morgan fingerprint density at radius 1 is 1.40 bits per heavy atom. The quantitative estimate of drug-likeness (QED) is 0.221. The molecule has 0 amide bonds. The molecule has 0 aromatic rings. The van der Waals surface area contributed by atoms with E-state index in [0.717, 1.165) is 0 Å². The number of ether oxygens (including phenoxy) is 1. The minimum Gasteiger partial charge on any atom is -0.496 e. The van der Waals surface area contributed by atoms with Crippen LogP contribution in [0.2, 0.25) is 0 Å². The van der Waals surface area contributed by atoms with Gasteiger partial charge in [-0.1, -0.05) is 12.7 Å². The molecule has 0 aromatic heterocycles. The summed E-state index contributed by atoms with van der Waals surface area (Å²) in [6, 6.07) is 0. The third kappa shape index (κ3) is 5.70. The first-order valence-corrected chi connectivity index (χ1v) is 7.20. The predicted octanol–water partition coefficient (Wildman–Crippen LogP) is 3.69. The van der Waals surface area contributed by atoms with Crippen molar-refractivity contribution < 1.29 is 18.3 Å². The van der Waals surface area contributed by atoms with Crippen molar-refractivity contribution >= 4 is 30.2 Å². The molecule has 0 bridgehead atoms. The van der Waals surface area contributed by atoms with Crippen molar-refractivity contribution in [3.05, 3.63) is 22.2 Å². The molecule has 4 nitrogen and oxygen atoms in total. The zero-order chi connectivity index (χ0) is 11.7. The standard InChI is InChI=1S/C9H16IO4P/c1-4-7-12-8-9(10)15(11,13-5-2)14-6-3/h4,8H,1,5-7H2,2-3H3/b9-8+. The molecule has 0 saturated carbocycles. The van der Waals surface area contributed by atoms with E-state index >= 15 is 0 Å². The van der Waals surface area contributed by atoms with Crippen LogP contribution in [-0.4, -0.2) is 19.8 Å². The van der Waals surface area contributed by atoms with Crippen molar-refractivity contribution in [2.24, 2.45) is 0 Å². The van der Waals surface area contributed by atoms with Gasteiger partial charge < -0.3 is 13.8 Å². The SMILES string of the molecule is C=CCO/C=C(\I)P(=O)(OCC)OCC. The first-order chi connectivity index (χ1) is 7.10. The Labute approximate surface area is 104 Å². The fraction of sp³-hybridized carbons (Fsp3) is 0.556. The molecule has 0 aliphatic heterocycles. The number of rotatable bonds is 8. The Balaban J connectivity index is 4.52. The van der Waals surface area contributed by atoms with Crippen molar-refractivity contribution in [1.29, 1.82) is 0 Å². The third-order valence-corrected chi connectivity index (χ3v) is 5.11. The second kappa shape index (κ2) is 8.33. The van der Waals surface area contributed by atoms with Crippen LogP contribution in [0.3, 0.4) is 0 Å². The Kier molecular flexibility index (Phi) is 8.42. The van der Waals surface area contributed by atoms with Crippen LogP contribution >= 0.6 is 30.2 Å². The number of halogens is 1. The van der Waals surface area contributed by atoms with E-state index in [2.05, 4.69) is 6.58 Å². The summed E-state index contributed by atoms with van der Waals surface area (Å²) >= 11 is 1.90. The molecule has 0 atom stereocenters. The molecule has 0 saturated heterocycles. The van der Waals surface area contributed by atoms with E-state index in [1.165, 1.54) is 6.26 Å². The van der Waals surface area contributed by atoms with Gasteiger partial charge in [0.25, 0.3) is 0 Å².